The van der Waals surface area contributed by atoms with E-state index >= 15 is 0 Å². The van der Waals surface area contributed by atoms with Gasteiger partial charge in [-0.15, -0.1) is 0 Å². The Morgan fingerprint density at radius 1 is 1.12 bits per heavy atom. The van der Waals surface area contributed by atoms with E-state index in [0.717, 1.165) is 30.6 Å². The lowest BCUT2D eigenvalue weighted by molar-refractivity contribution is -0.131. The normalized spacial score (nSPS) is 14.8. The number of hydrogen-bond acceptors (Lipinski definition) is 3. The summed E-state index contributed by atoms with van der Waals surface area (Å²) in [6.45, 7) is 4.80. The van der Waals surface area contributed by atoms with E-state index in [1.165, 1.54) is 11.1 Å². The van der Waals surface area contributed by atoms with Crippen LogP contribution in [-0.4, -0.2) is 47.5 Å². The van der Waals surface area contributed by atoms with Crippen LogP contribution in [0.5, 0.6) is 5.75 Å². The van der Waals surface area contributed by atoms with Crippen LogP contribution in [0.4, 0.5) is 0 Å². The minimum atomic E-state index is 0.145. The Kier molecular flexibility index (Phi) is 5.74. The fraction of sp³-hybridized carbons (Fsp3) is 0.318. The largest absolute Gasteiger partial charge is 0.508 e. The Morgan fingerprint density at radius 3 is 2.42 bits per heavy atom. The van der Waals surface area contributed by atoms with Gasteiger partial charge in [-0.3, -0.25) is 9.69 Å². The Bertz CT molecular complexity index is 779. The third-order valence-electron chi connectivity index (χ3n) is 4.86. The van der Waals surface area contributed by atoms with E-state index in [9.17, 15) is 9.90 Å². The second-order valence-electron chi connectivity index (χ2n) is 7.00. The van der Waals surface area contributed by atoms with Gasteiger partial charge in [0.1, 0.15) is 5.75 Å². The van der Waals surface area contributed by atoms with Gasteiger partial charge in [0.25, 0.3) is 0 Å². The highest BCUT2D eigenvalue weighted by atomic mass is 16.3. The second-order valence-corrected chi connectivity index (χ2v) is 7.00. The van der Waals surface area contributed by atoms with Crippen molar-refractivity contribution in [3.8, 4) is 5.75 Å². The molecule has 1 aliphatic heterocycles. The first-order valence-electron chi connectivity index (χ1n) is 9.01. The molecule has 2 aromatic carbocycles. The summed E-state index contributed by atoms with van der Waals surface area (Å²) in [7, 11) is 1.86. The van der Waals surface area contributed by atoms with Crippen LogP contribution in [0.25, 0.3) is 5.57 Å². The summed E-state index contributed by atoms with van der Waals surface area (Å²) >= 11 is 0. The quantitative estimate of drug-likeness (QED) is 0.898. The molecule has 0 radical (unpaired) electrons. The summed E-state index contributed by atoms with van der Waals surface area (Å²) in [4.78, 5) is 16.5. The number of aromatic hydroxyl groups is 1. The highest BCUT2D eigenvalue weighted by Crippen LogP contribution is 2.24. The van der Waals surface area contributed by atoms with Crippen molar-refractivity contribution in [2.75, 3.05) is 26.7 Å². The number of aryl methyl sites for hydroxylation is 1. The number of phenols is 1. The number of likely N-dealkylation sites (N-methyl/N-ethyl adjacent to an activating group) is 1. The zero-order chi connectivity index (χ0) is 18.5. The van der Waals surface area contributed by atoms with Gasteiger partial charge in [0, 0.05) is 26.7 Å². The molecule has 1 amide bonds. The van der Waals surface area contributed by atoms with E-state index in [2.05, 4.69) is 42.2 Å². The van der Waals surface area contributed by atoms with Crippen molar-refractivity contribution in [2.24, 2.45) is 0 Å². The monoisotopic (exact) mass is 350 g/mol. The lowest BCUT2D eigenvalue weighted by atomic mass is 9.99. The number of benzene rings is 2. The van der Waals surface area contributed by atoms with E-state index < -0.39 is 0 Å². The summed E-state index contributed by atoms with van der Waals surface area (Å²) in [5.74, 6) is 0.432. The Balaban J connectivity index is 1.52. The molecular formula is C22H26N2O2. The van der Waals surface area contributed by atoms with Gasteiger partial charge in [-0.25, -0.2) is 0 Å². The van der Waals surface area contributed by atoms with E-state index in [0.29, 0.717) is 13.1 Å². The third kappa shape index (κ3) is 4.73. The highest BCUT2D eigenvalue weighted by Gasteiger charge is 2.18. The van der Waals surface area contributed by atoms with E-state index in [1.807, 2.05) is 19.2 Å². The molecule has 0 spiro atoms. The van der Waals surface area contributed by atoms with Crippen molar-refractivity contribution in [3.05, 3.63) is 71.3 Å². The van der Waals surface area contributed by atoms with Crippen molar-refractivity contribution in [2.45, 2.75) is 19.9 Å². The molecule has 0 fully saturated rings. The molecule has 0 bridgehead atoms. The van der Waals surface area contributed by atoms with Gasteiger partial charge in [-0.1, -0.05) is 48.0 Å². The number of hydrogen-bond donors (Lipinski definition) is 1. The fourth-order valence-electron chi connectivity index (χ4n) is 3.16. The molecule has 0 atom stereocenters. The number of phenolic OH excluding ortho intramolecular Hbond substituents is 1. The minimum absolute atomic E-state index is 0.145. The number of rotatable bonds is 5. The van der Waals surface area contributed by atoms with E-state index in [4.69, 9.17) is 0 Å². The maximum Gasteiger partial charge on any atom is 0.236 e. The molecule has 0 saturated carbocycles. The molecule has 0 saturated heterocycles. The van der Waals surface area contributed by atoms with Gasteiger partial charge in [0.15, 0.2) is 0 Å². The number of carbonyl (C=O) groups is 1. The maximum absolute atomic E-state index is 12.5. The first kappa shape index (κ1) is 18.2. The molecule has 0 aromatic heterocycles. The van der Waals surface area contributed by atoms with Crippen LogP contribution in [-0.2, 0) is 11.3 Å². The molecule has 4 heteroatoms. The van der Waals surface area contributed by atoms with Gasteiger partial charge in [0.2, 0.25) is 5.91 Å². The zero-order valence-corrected chi connectivity index (χ0v) is 15.5. The van der Waals surface area contributed by atoms with Gasteiger partial charge in [-0.05, 0) is 42.2 Å². The second kappa shape index (κ2) is 8.19. The molecule has 136 valence electrons. The molecular weight excluding hydrogens is 324 g/mol. The summed E-state index contributed by atoms with van der Waals surface area (Å²) in [5.41, 5.74) is 4.80. The van der Waals surface area contributed by atoms with Crippen LogP contribution in [0.15, 0.2) is 54.6 Å². The minimum Gasteiger partial charge on any atom is -0.508 e. The Labute approximate surface area is 155 Å². The number of carbonyl (C=O) groups excluding carboxylic acids is 1. The zero-order valence-electron chi connectivity index (χ0n) is 15.5. The van der Waals surface area contributed by atoms with Crippen LogP contribution in [0.1, 0.15) is 23.1 Å². The molecule has 0 aliphatic carbocycles. The van der Waals surface area contributed by atoms with E-state index in [1.54, 1.807) is 17.0 Å². The summed E-state index contributed by atoms with van der Waals surface area (Å²) < 4.78 is 0. The first-order chi connectivity index (χ1) is 12.5. The smallest absolute Gasteiger partial charge is 0.236 e. The molecule has 1 heterocycles. The third-order valence-corrected chi connectivity index (χ3v) is 4.86. The van der Waals surface area contributed by atoms with E-state index in [-0.39, 0.29) is 11.7 Å². The molecule has 4 nitrogen and oxygen atoms in total. The predicted molar refractivity (Wildman–Crippen MR) is 105 cm³/mol. The highest BCUT2D eigenvalue weighted by molar-refractivity contribution is 5.78. The van der Waals surface area contributed by atoms with Crippen molar-refractivity contribution in [3.63, 3.8) is 0 Å². The van der Waals surface area contributed by atoms with Crippen LogP contribution in [0.2, 0.25) is 0 Å². The predicted octanol–water partition coefficient (Wildman–Crippen LogP) is 3.45. The molecule has 26 heavy (non-hydrogen) atoms. The first-order valence-corrected chi connectivity index (χ1v) is 9.01. The Morgan fingerprint density at radius 2 is 1.81 bits per heavy atom. The SMILES string of the molecule is Cc1ccc(CN(C)C(=O)CN2CC=C(c3ccc(O)cc3)CC2)cc1. The summed E-state index contributed by atoms with van der Waals surface area (Å²) in [6.07, 6.45) is 3.10. The van der Waals surface area contributed by atoms with Crippen LogP contribution >= 0.6 is 0 Å². The fourth-order valence-corrected chi connectivity index (χ4v) is 3.16. The van der Waals surface area contributed by atoms with Gasteiger partial charge in [0.05, 0.1) is 6.54 Å². The van der Waals surface area contributed by atoms with Gasteiger partial charge in [-0.2, -0.15) is 0 Å². The van der Waals surface area contributed by atoms with Crippen LogP contribution in [0, 0.1) is 6.92 Å². The van der Waals surface area contributed by atoms with Crippen molar-refractivity contribution < 1.29 is 9.90 Å². The van der Waals surface area contributed by atoms with Crippen LogP contribution in [0.3, 0.4) is 0 Å². The van der Waals surface area contributed by atoms with Gasteiger partial charge < -0.3 is 10.0 Å². The average Bonchev–Trinajstić information content (AvgIpc) is 2.65. The molecule has 0 unspecified atom stereocenters. The topological polar surface area (TPSA) is 43.8 Å². The lowest BCUT2D eigenvalue weighted by Crippen LogP contribution is -2.39. The Hall–Kier alpha value is -2.59. The molecule has 3 rings (SSSR count). The number of nitrogens with zero attached hydrogens (tertiary/aromatic N) is 2. The summed E-state index contributed by atoms with van der Waals surface area (Å²) in [6, 6.07) is 15.6. The van der Waals surface area contributed by atoms with Gasteiger partial charge >= 0.3 is 0 Å². The standard InChI is InChI=1S/C22H26N2O2/c1-17-3-5-18(6-4-17)15-23(2)22(26)16-24-13-11-20(12-14-24)19-7-9-21(25)10-8-19/h3-11,25H,12-16H2,1-2H3. The van der Waals surface area contributed by atoms with Crippen molar-refractivity contribution in [1.29, 1.82) is 0 Å². The number of amides is 1. The summed E-state index contributed by atoms with van der Waals surface area (Å²) in [5, 5.41) is 9.40. The van der Waals surface area contributed by atoms with Crippen LogP contribution < -0.4 is 0 Å². The lowest BCUT2D eigenvalue weighted by Gasteiger charge is -2.28. The maximum atomic E-state index is 12.5. The molecule has 2 aromatic rings. The van der Waals surface area contributed by atoms with Crippen molar-refractivity contribution >= 4 is 11.5 Å². The molecule has 1 aliphatic rings. The molecule has 1 N–H and O–H groups in total. The average molecular weight is 350 g/mol. The van der Waals surface area contributed by atoms with Crippen molar-refractivity contribution in [1.82, 2.24) is 9.80 Å².